The molecule has 0 spiro atoms. The van der Waals surface area contributed by atoms with Gasteiger partial charge in [-0.3, -0.25) is 29.0 Å². The van der Waals surface area contributed by atoms with Crippen molar-refractivity contribution < 1.29 is 29.1 Å². The topological polar surface area (TPSA) is 213 Å². The van der Waals surface area contributed by atoms with E-state index in [-0.39, 0.29) is 48.2 Å². The molecule has 2 fully saturated rings. The molecule has 1 aromatic rings. The van der Waals surface area contributed by atoms with Crippen molar-refractivity contribution >= 4 is 35.5 Å². The number of hydrogen-bond acceptors (Lipinski definition) is 7. The van der Waals surface area contributed by atoms with E-state index in [9.17, 15) is 29.1 Å². The number of carbonyl (C=O) groups excluding carboxylic acids is 5. The number of benzene rings is 1. The van der Waals surface area contributed by atoms with Crippen LogP contribution >= 0.6 is 0 Å². The van der Waals surface area contributed by atoms with Gasteiger partial charge < -0.3 is 42.3 Å². The Morgan fingerprint density at radius 2 is 1.53 bits per heavy atom. The molecule has 0 radical (unpaired) electrons. The normalized spacial score (nSPS) is 17.5. The van der Waals surface area contributed by atoms with Crippen LogP contribution in [0.5, 0.6) is 5.75 Å². The summed E-state index contributed by atoms with van der Waals surface area (Å²) in [6.07, 6.45) is 10.4. The predicted octanol–water partition coefficient (Wildman–Crippen LogP) is 2.85. The van der Waals surface area contributed by atoms with E-state index < -0.39 is 36.0 Å². The minimum Gasteiger partial charge on any atom is -0.508 e. The first-order valence-corrected chi connectivity index (χ1v) is 19.7. The van der Waals surface area contributed by atoms with Gasteiger partial charge in [0.2, 0.25) is 29.5 Å². The second-order valence-electron chi connectivity index (χ2n) is 14.9. The molecule has 2 heterocycles. The van der Waals surface area contributed by atoms with Crippen molar-refractivity contribution in [3.63, 3.8) is 0 Å². The molecule has 0 unspecified atom stereocenters. The summed E-state index contributed by atoms with van der Waals surface area (Å²) in [5.41, 5.74) is 11.7. The number of rotatable bonds is 21. The van der Waals surface area contributed by atoms with Gasteiger partial charge in [-0.1, -0.05) is 58.6 Å². The van der Waals surface area contributed by atoms with Crippen molar-refractivity contribution in [1.29, 1.82) is 0 Å². The Bertz CT molecular complexity index is 1360. The lowest BCUT2D eigenvalue weighted by atomic mass is 10.00. The van der Waals surface area contributed by atoms with Gasteiger partial charge in [0.1, 0.15) is 29.9 Å². The summed E-state index contributed by atoms with van der Waals surface area (Å²) >= 11 is 0. The van der Waals surface area contributed by atoms with E-state index in [1.807, 2.05) is 13.8 Å². The van der Waals surface area contributed by atoms with Crippen molar-refractivity contribution in [3.8, 4) is 5.75 Å². The molecule has 2 aliphatic heterocycles. The van der Waals surface area contributed by atoms with Crippen molar-refractivity contribution in [1.82, 2.24) is 25.8 Å². The summed E-state index contributed by atoms with van der Waals surface area (Å²) in [6.45, 7) is 7.96. The zero-order chi connectivity index (χ0) is 38.8. The average Bonchev–Trinajstić information content (AvgIpc) is 3.63. The van der Waals surface area contributed by atoms with Crippen molar-refractivity contribution in [2.75, 3.05) is 26.2 Å². The molecule has 0 bridgehead atoms. The number of aromatic hydroxyl groups is 1. The van der Waals surface area contributed by atoms with Crippen LogP contribution in [-0.2, 0) is 30.4 Å². The Balaban J connectivity index is 1.75. The van der Waals surface area contributed by atoms with Gasteiger partial charge in [-0.2, -0.15) is 0 Å². The molecule has 8 N–H and O–H groups in total. The second-order valence-corrected chi connectivity index (χ2v) is 14.9. The average molecular weight is 741 g/mol. The van der Waals surface area contributed by atoms with Gasteiger partial charge >= 0.3 is 0 Å². The maximum atomic E-state index is 14.2. The number of hydrogen-bond donors (Lipinski definition) is 6. The number of unbranched alkanes of at least 4 members (excludes halogenated alkanes) is 4. The largest absolute Gasteiger partial charge is 0.508 e. The molecule has 2 saturated heterocycles. The smallest absolute Gasteiger partial charge is 0.245 e. The highest BCUT2D eigenvalue weighted by Gasteiger charge is 2.40. The first kappa shape index (κ1) is 43.0. The number of piperidine rings is 1. The van der Waals surface area contributed by atoms with Crippen LogP contribution in [0.25, 0.3) is 0 Å². The Hall–Kier alpha value is -4.36. The third-order valence-electron chi connectivity index (χ3n) is 9.92. The Labute approximate surface area is 315 Å². The first-order valence-electron chi connectivity index (χ1n) is 19.7. The first-order chi connectivity index (χ1) is 25.4. The molecule has 5 amide bonds. The molecule has 14 heteroatoms. The van der Waals surface area contributed by atoms with E-state index in [4.69, 9.17) is 11.5 Å². The van der Waals surface area contributed by atoms with Crippen LogP contribution in [0.4, 0.5) is 0 Å². The lowest BCUT2D eigenvalue weighted by molar-refractivity contribution is -0.143. The number of likely N-dealkylation sites (tertiary alicyclic amines) is 2. The summed E-state index contributed by atoms with van der Waals surface area (Å²) in [4.78, 5) is 76.0. The molecule has 0 aliphatic carbocycles. The number of nitrogens with two attached hydrogens (primary N) is 2. The number of amides is 5. The SMILES string of the molecule is CCCCCCCC(=O)N[C@H](Cc1ccc(O)cc1)C(=O)N[C@@H](CC(C)C)C(=O)N1CCC[C@H]1C(=O)N[C@H](CCCN=C(N)N)C(=O)N1CCCCC1. The number of guanidine groups is 1. The fourth-order valence-electron chi connectivity index (χ4n) is 7.06. The highest BCUT2D eigenvalue weighted by atomic mass is 16.3. The van der Waals surface area contributed by atoms with E-state index >= 15 is 0 Å². The number of phenols is 1. The lowest BCUT2D eigenvalue weighted by Gasteiger charge is -2.33. The van der Waals surface area contributed by atoms with Crippen LogP contribution in [0.1, 0.15) is 116 Å². The molecule has 14 nitrogen and oxygen atoms in total. The van der Waals surface area contributed by atoms with Crippen LogP contribution in [0.3, 0.4) is 0 Å². The Morgan fingerprint density at radius 1 is 0.830 bits per heavy atom. The second kappa shape index (κ2) is 22.7. The van der Waals surface area contributed by atoms with Gasteiger partial charge in [0.25, 0.3) is 0 Å². The van der Waals surface area contributed by atoms with Crippen LogP contribution in [0.15, 0.2) is 29.3 Å². The van der Waals surface area contributed by atoms with Crippen molar-refractivity contribution in [2.24, 2.45) is 22.4 Å². The fraction of sp³-hybridized carbons (Fsp3) is 0.692. The van der Waals surface area contributed by atoms with E-state index in [1.54, 1.807) is 17.0 Å². The molecular weight excluding hydrogens is 676 g/mol. The molecule has 296 valence electrons. The minimum absolute atomic E-state index is 0.0316. The van der Waals surface area contributed by atoms with Gasteiger partial charge in [-0.05, 0) is 81.4 Å². The molecule has 0 aromatic heterocycles. The summed E-state index contributed by atoms with van der Waals surface area (Å²) in [7, 11) is 0. The number of nitrogens with one attached hydrogen (secondary N) is 3. The fourth-order valence-corrected chi connectivity index (χ4v) is 7.06. The van der Waals surface area contributed by atoms with Crippen LogP contribution in [-0.4, -0.2) is 101 Å². The van der Waals surface area contributed by atoms with Crippen LogP contribution < -0.4 is 27.4 Å². The summed E-state index contributed by atoms with van der Waals surface area (Å²) < 4.78 is 0. The quantitative estimate of drug-likeness (QED) is 0.0625. The van der Waals surface area contributed by atoms with Gasteiger partial charge in [0, 0.05) is 39.0 Å². The Morgan fingerprint density at radius 3 is 2.19 bits per heavy atom. The van der Waals surface area contributed by atoms with Crippen molar-refractivity contribution in [3.05, 3.63) is 29.8 Å². The molecule has 1 aromatic carbocycles. The third-order valence-corrected chi connectivity index (χ3v) is 9.92. The molecule has 3 rings (SSSR count). The molecule has 53 heavy (non-hydrogen) atoms. The number of aliphatic imine (C=N–C) groups is 1. The molecule has 4 atom stereocenters. The van der Waals surface area contributed by atoms with Gasteiger partial charge in [-0.15, -0.1) is 0 Å². The van der Waals surface area contributed by atoms with Crippen LogP contribution in [0, 0.1) is 5.92 Å². The zero-order valence-electron chi connectivity index (χ0n) is 32.1. The van der Waals surface area contributed by atoms with Crippen molar-refractivity contribution in [2.45, 2.75) is 141 Å². The van der Waals surface area contributed by atoms with E-state index in [0.717, 1.165) is 50.5 Å². The number of nitrogens with zero attached hydrogens (tertiary/aromatic N) is 3. The van der Waals surface area contributed by atoms with Gasteiger partial charge in [-0.25, -0.2) is 0 Å². The molecule has 2 aliphatic rings. The molecular formula is C39H64N8O6. The third kappa shape index (κ3) is 14.9. The number of carbonyl (C=O) groups is 5. The van der Waals surface area contributed by atoms with E-state index in [2.05, 4.69) is 27.9 Å². The number of phenolic OH excluding ortho intramolecular Hbond substituents is 1. The lowest BCUT2D eigenvalue weighted by Crippen LogP contribution is -2.58. The highest BCUT2D eigenvalue weighted by Crippen LogP contribution is 2.22. The maximum Gasteiger partial charge on any atom is 0.245 e. The summed E-state index contributed by atoms with van der Waals surface area (Å²) in [5, 5.41) is 18.6. The predicted molar refractivity (Wildman–Crippen MR) is 206 cm³/mol. The summed E-state index contributed by atoms with van der Waals surface area (Å²) in [5.74, 6) is -1.58. The van der Waals surface area contributed by atoms with E-state index in [1.165, 1.54) is 17.0 Å². The zero-order valence-corrected chi connectivity index (χ0v) is 32.1. The van der Waals surface area contributed by atoms with E-state index in [0.29, 0.717) is 64.7 Å². The standard InChI is InChI=1S/C39H64N8O6/c1-4-5-6-7-9-16-34(49)43-31(26-28-17-19-29(48)20-18-28)35(50)45-32(25-27(2)3)38(53)47-24-13-15-33(47)36(51)44-30(14-12-21-42-39(40)41)37(52)46-22-10-8-11-23-46/h17-20,27,30-33,48H,4-16,21-26H2,1-3H3,(H,43,49)(H,44,51)(H,45,50)(H4,40,41,42)/t30-,31-,32+,33+/m1/s1. The molecule has 0 saturated carbocycles. The monoisotopic (exact) mass is 740 g/mol. The minimum atomic E-state index is -0.955. The highest BCUT2D eigenvalue weighted by molar-refractivity contribution is 5.96. The van der Waals surface area contributed by atoms with Gasteiger partial charge in [0.05, 0.1) is 0 Å². The van der Waals surface area contributed by atoms with Crippen LogP contribution in [0.2, 0.25) is 0 Å². The summed E-state index contributed by atoms with van der Waals surface area (Å²) in [6, 6.07) is 2.97. The Kier molecular flexibility index (Phi) is 18.4. The maximum absolute atomic E-state index is 14.2. The van der Waals surface area contributed by atoms with Gasteiger partial charge in [0.15, 0.2) is 5.96 Å².